The molecule has 25 heavy (non-hydrogen) atoms. The van der Waals surface area contributed by atoms with Crippen LogP contribution in [0.25, 0.3) is 0 Å². The van der Waals surface area contributed by atoms with Crippen molar-refractivity contribution in [3.8, 4) is 0 Å². The second-order valence-corrected chi connectivity index (χ2v) is 10.4. The van der Waals surface area contributed by atoms with Crippen molar-refractivity contribution in [2.24, 2.45) is 0 Å². The molecule has 2 N–H and O–H groups in total. The highest BCUT2D eigenvalue weighted by atomic mass is 32.2. The Morgan fingerprint density at radius 1 is 1.00 bits per heavy atom. The minimum Gasteiger partial charge on any atom is -0.355 e. The summed E-state index contributed by atoms with van der Waals surface area (Å²) in [6.45, 7) is 10.3. The summed E-state index contributed by atoms with van der Waals surface area (Å²) in [5.41, 5.74) is 0.205. The van der Waals surface area contributed by atoms with E-state index in [1.54, 1.807) is 0 Å². The molecule has 0 aromatic carbocycles. The average Bonchev–Trinajstić information content (AvgIpc) is 2.51. The van der Waals surface area contributed by atoms with Crippen molar-refractivity contribution in [3.63, 3.8) is 0 Å². The highest BCUT2D eigenvalue weighted by molar-refractivity contribution is 8.04. The Morgan fingerprint density at radius 3 is 2.12 bits per heavy atom. The molecule has 0 aromatic heterocycles. The van der Waals surface area contributed by atoms with Crippen LogP contribution in [0.3, 0.4) is 0 Å². The van der Waals surface area contributed by atoms with Crippen LogP contribution in [-0.4, -0.2) is 52.3 Å². The van der Waals surface area contributed by atoms with Gasteiger partial charge in [-0.3, -0.25) is 9.59 Å². The van der Waals surface area contributed by atoms with E-state index >= 15 is 0 Å². The van der Waals surface area contributed by atoms with Gasteiger partial charge in [-0.05, 0) is 40.0 Å². The van der Waals surface area contributed by atoms with Gasteiger partial charge in [-0.25, -0.2) is 0 Å². The Kier molecular flexibility index (Phi) is 11.2. The molecule has 0 aliphatic heterocycles. The van der Waals surface area contributed by atoms with Gasteiger partial charge in [0.1, 0.15) is 5.78 Å². The molecule has 0 aromatic rings. The van der Waals surface area contributed by atoms with E-state index in [4.69, 9.17) is 0 Å². The lowest BCUT2D eigenvalue weighted by Crippen LogP contribution is -2.38. The minimum absolute atomic E-state index is 0.0808. The van der Waals surface area contributed by atoms with Gasteiger partial charge in [-0.15, -0.1) is 0 Å². The predicted octanol–water partition coefficient (Wildman–Crippen LogP) is 3.64. The molecular weight excluding hydrogens is 352 g/mol. The predicted molar refractivity (Wildman–Crippen MR) is 112 cm³/mol. The van der Waals surface area contributed by atoms with Crippen molar-refractivity contribution in [2.75, 3.05) is 24.6 Å². The first-order valence-corrected chi connectivity index (χ1v) is 11.7. The molecule has 2 atom stereocenters. The molecule has 0 heterocycles. The first-order chi connectivity index (χ1) is 11.8. The fourth-order valence-corrected chi connectivity index (χ4v) is 5.39. The molecule has 0 bridgehead atoms. The van der Waals surface area contributed by atoms with Gasteiger partial charge >= 0.3 is 0 Å². The maximum absolute atomic E-state index is 11.7. The Morgan fingerprint density at radius 2 is 1.60 bits per heavy atom. The van der Waals surface area contributed by atoms with E-state index in [2.05, 4.69) is 43.2 Å². The number of amides is 1. The van der Waals surface area contributed by atoms with Crippen molar-refractivity contribution in [1.29, 1.82) is 0 Å². The molecule has 2 unspecified atom stereocenters. The lowest BCUT2D eigenvalue weighted by Gasteiger charge is -2.36. The van der Waals surface area contributed by atoms with Gasteiger partial charge in [0, 0.05) is 59.9 Å². The summed E-state index contributed by atoms with van der Waals surface area (Å²) < 4.78 is 0. The summed E-state index contributed by atoms with van der Waals surface area (Å²) in [6.07, 6.45) is 4.89. The molecule has 1 fully saturated rings. The fraction of sp³-hybridized carbons (Fsp3) is 0.895. The molecule has 1 aliphatic carbocycles. The minimum atomic E-state index is 0.0808. The van der Waals surface area contributed by atoms with Crippen molar-refractivity contribution >= 4 is 35.2 Å². The highest BCUT2D eigenvalue weighted by Crippen LogP contribution is 2.39. The van der Waals surface area contributed by atoms with Crippen LogP contribution < -0.4 is 10.6 Å². The zero-order valence-corrected chi connectivity index (χ0v) is 18.0. The smallest absolute Gasteiger partial charge is 0.220 e. The molecular formula is C19H36N2O2S2. The van der Waals surface area contributed by atoms with Crippen LogP contribution in [0, 0.1) is 0 Å². The zero-order valence-electron chi connectivity index (χ0n) is 16.4. The number of ketones is 1. The molecule has 1 aliphatic rings. The van der Waals surface area contributed by atoms with Gasteiger partial charge in [-0.1, -0.05) is 6.92 Å². The van der Waals surface area contributed by atoms with Crippen LogP contribution >= 0.6 is 23.5 Å². The topological polar surface area (TPSA) is 58.2 Å². The van der Waals surface area contributed by atoms with Crippen LogP contribution in [0.4, 0.5) is 0 Å². The van der Waals surface area contributed by atoms with Crippen molar-refractivity contribution in [3.05, 3.63) is 0 Å². The number of hydrogen-bond acceptors (Lipinski definition) is 5. The average molecular weight is 389 g/mol. The van der Waals surface area contributed by atoms with E-state index in [9.17, 15) is 9.59 Å². The third-order valence-electron chi connectivity index (χ3n) is 4.25. The molecule has 4 nitrogen and oxygen atoms in total. The Hall–Kier alpha value is -0.200. The van der Waals surface area contributed by atoms with Crippen LogP contribution in [0.1, 0.15) is 66.2 Å². The first-order valence-electron chi connectivity index (χ1n) is 9.58. The number of carbonyl (C=O) groups is 2. The molecule has 0 saturated heterocycles. The van der Waals surface area contributed by atoms with Gasteiger partial charge in [0.2, 0.25) is 5.91 Å². The number of carbonyl (C=O) groups excluding carboxylic acids is 2. The molecule has 1 rings (SSSR count). The lowest BCUT2D eigenvalue weighted by atomic mass is 9.99. The quantitative estimate of drug-likeness (QED) is 0.472. The van der Waals surface area contributed by atoms with Gasteiger partial charge in [-0.2, -0.15) is 23.5 Å². The molecule has 0 spiro atoms. The largest absolute Gasteiger partial charge is 0.355 e. The van der Waals surface area contributed by atoms with E-state index in [1.165, 1.54) is 18.6 Å². The van der Waals surface area contributed by atoms with Crippen LogP contribution in [0.15, 0.2) is 0 Å². The van der Waals surface area contributed by atoms with Crippen molar-refractivity contribution < 1.29 is 9.59 Å². The summed E-state index contributed by atoms with van der Waals surface area (Å²) in [4.78, 5) is 22.9. The van der Waals surface area contributed by atoms with E-state index in [0.29, 0.717) is 25.7 Å². The number of nitrogens with one attached hydrogen (secondary N) is 2. The van der Waals surface area contributed by atoms with E-state index < -0.39 is 0 Å². The lowest BCUT2D eigenvalue weighted by molar-refractivity contribution is -0.121. The highest BCUT2D eigenvalue weighted by Gasteiger charge is 2.31. The Balaban J connectivity index is 1.99. The van der Waals surface area contributed by atoms with Gasteiger partial charge in [0.05, 0.1) is 0 Å². The number of Topliss-reactive ketones (excluding diaryl/α,β-unsaturated/α-hetero) is 1. The molecule has 0 radical (unpaired) electrons. The summed E-state index contributed by atoms with van der Waals surface area (Å²) >= 11 is 4.09. The van der Waals surface area contributed by atoms with Crippen molar-refractivity contribution in [2.45, 2.75) is 82.3 Å². The van der Waals surface area contributed by atoms with Gasteiger partial charge in [0.25, 0.3) is 0 Å². The van der Waals surface area contributed by atoms with Gasteiger partial charge < -0.3 is 10.6 Å². The Bertz CT molecular complexity index is 411. The second kappa shape index (κ2) is 12.2. The molecule has 6 heteroatoms. The third kappa shape index (κ3) is 11.2. The van der Waals surface area contributed by atoms with Crippen LogP contribution in [0.2, 0.25) is 0 Å². The Labute approximate surface area is 162 Å². The van der Waals surface area contributed by atoms with E-state index in [0.717, 1.165) is 29.3 Å². The van der Waals surface area contributed by atoms with Crippen LogP contribution in [-0.2, 0) is 9.59 Å². The zero-order chi connectivity index (χ0) is 18.7. The fourth-order valence-electron chi connectivity index (χ4n) is 2.57. The van der Waals surface area contributed by atoms with E-state index in [1.807, 2.05) is 18.7 Å². The van der Waals surface area contributed by atoms with E-state index in [-0.39, 0.29) is 17.2 Å². The monoisotopic (exact) mass is 388 g/mol. The summed E-state index contributed by atoms with van der Waals surface area (Å²) in [5, 5.41) is 8.04. The number of rotatable bonds is 13. The summed E-state index contributed by atoms with van der Waals surface area (Å²) in [7, 11) is 0. The standard InChI is InChI=1S/C19H36N2O2S2/c1-5-15(22)7-6-8-18(23)20-11-13-24-16-9-10-17(16)25-14-12-21-19(2,3)4/h16-17,21H,5-14H2,1-4H3,(H,20,23). The molecule has 1 amide bonds. The maximum Gasteiger partial charge on any atom is 0.220 e. The maximum atomic E-state index is 11.7. The normalized spacial score (nSPS) is 20.2. The van der Waals surface area contributed by atoms with Crippen LogP contribution in [0.5, 0.6) is 0 Å². The SMILES string of the molecule is CCC(=O)CCCC(=O)NCCSC1CCC1SCCNC(C)(C)C. The first kappa shape index (κ1) is 22.8. The summed E-state index contributed by atoms with van der Waals surface area (Å²) in [5.74, 6) is 2.49. The summed E-state index contributed by atoms with van der Waals surface area (Å²) in [6, 6.07) is 0. The van der Waals surface area contributed by atoms with Crippen molar-refractivity contribution in [1.82, 2.24) is 10.6 Å². The molecule has 146 valence electrons. The number of thioether (sulfide) groups is 2. The third-order valence-corrected chi connectivity index (χ3v) is 7.29. The molecule has 1 saturated carbocycles. The second-order valence-electron chi connectivity index (χ2n) is 7.67. The number of hydrogen-bond donors (Lipinski definition) is 2. The van der Waals surface area contributed by atoms with Gasteiger partial charge in [0.15, 0.2) is 0 Å².